The van der Waals surface area contributed by atoms with Crippen LogP contribution in [0.3, 0.4) is 0 Å². The fourth-order valence-electron chi connectivity index (χ4n) is 2.64. The molecule has 1 aliphatic heterocycles. The van der Waals surface area contributed by atoms with E-state index in [1.54, 1.807) is 6.92 Å². The molecule has 6 nitrogen and oxygen atoms in total. The molecule has 116 valence electrons. The average Bonchev–Trinajstić information content (AvgIpc) is 2.78. The number of likely N-dealkylation sites (tertiary alicyclic amines) is 1. The van der Waals surface area contributed by atoms with Crippen molar-refractivity contribution in [2.45, 2.75) is 52.0 Å². The molecule has 0 saturated carbocycles. The molecular formula is C14H21N3O3S. The Bertz CT molecular complexity index is 558. The second-order valence-electron chi connectivity index (χ2n) is 5.49. The lowest BCUT2D eigenvalue weighted by atomic mass is 9.89. The molecule has 0 aromatic carbocycles. The van der Waals surface area contributed by atoms with Crippen LogP contribution < -0.4 is 5.32 Å². The van der Waals surface area contributed by atoms with E-state index in [1.807, 2.05) is 13.8 Å². The number of carboxylic acids is 1. The number of hydrogen-bond acceptors (Lipinski definition) is 4. The molecule has 1 aliphatic rings. The van der Waals surface area contributed by atoms with Crippen molar-refractivity contribution in [3.05, 3.63) is 10.6 Å². The molecule has 1 fully saturated rings. The van der Waals surface area contributed by atoms with E-state index < -0.39 is 11.5 Å². The Morgan fingerprint density at radius 2 is 2.19 bits per heavy atom. The van der Waals surface area contributed by atoms with Crippen molar-refractivity contribution in [3.8, 4) is 0 Å². The summed E-state index contributed by atoms with van der Waals surface area (Å²) in [5, 5.41) is 12.7. The van der Waals surface area contributed by atoms with Gasteiger partial charge >= 0.3 is 12.0 Å². The van der Waals surface area contributed by atoms with E-state index in [1.165, 1.54) is 16.2 Å². The van der Waals surface area contributed by atoms with Crippen LogP contribution in [0.2, 0.25) is 0 Å². The number of carbonyl (C=O) groups is 2. The van der Waals surface area contributed by atoms with E-state index >= 15 is 0 Å². The summed E-state index contributed by atoms with van der Waals surface area (Å²) in [5.74, 6) is -0.957. The maximum atomic E-state index is 12.4. The Hall–Kier alpha value is -1.63. The zero-order chi connectivity index (χ0) is 15.6. The second-order valence-corrected chi connectivity index (χ2v) is 6.70. The smallest absolute Gasteiger partial charge is 0.329 e. The SMILES string of the molecule is CCc1nc(NC(=O)N2CCCCC2(C)C(=O)O)sc1C. The van der Waals surface area contributed by atoms with Crippen LogP contribution in [0.1, 0.15) is 43.7 Å². The number of nitrogens with one attached hydrogen (secondary N) is 1. The number of aromatic nitrogens is 1. The van der Waals surface area contributed by atoms with Crippen LogP contribution >= 0.6 is 11.3 Å². The van der Waals surface area contributed by atoms with E-state index in [9.17, 15) is 14.7 Å². The number of rotatable bonds is 3. The number of nitrogens with zero attached hydrogens (tertiary/aromatic N) is 2. The monoisotopic (exact) mass is 311 g/mol. The molecule has 1 saturated heterocycles. The van der Waals surface area contributed by atoms with Gasteiger partial charge in [-0.2, -0.15) is 0 Å². The Morgan fingerprint density at radius 1 is 1.48 bits per heavy atom. The third kappa shape index (κ3) is 3.02. The van der Waals surface area contributed by atoms with E-state index in [-0.39, 0.29) is 6.03 Å². The first-order chi connectivity index (χ1) is 9.88. The summed E-state index contributed by atoms with van der Waals surface area (Å²) in [4.78, 5) is 30.8. The van der Waals surface area contributed by atoms with Crippen molar-refractivity contribution in [2.24, 2.45) is 0 Å². The highest BCUT2D eigenvalue weighted by Gasteiger charge is 2.44. The molecule has 0 spiro atoms. The number of thiazole rings is 1. The van der Waals surface area contributed by atoms with E-state index in [0.29, 0.717) is 18.1 Å². The lowest BCUT2D eigenvalue weighted by Gasteiger charge is -2.41. The summed E-state index contributed by atoms with van der Waals surface area (Å²) in [7, 11) is 0. The van der Waals surface area contributed by atoms with Crippen LogP contribution in [0, 0.1) is 6.92 Å². The van der Waals surface area contributed by atoms with Gasteiger partial charge in [-0.05, 0) is 39.5 Å². The number of urea groups is 1. The van der Waals surface area contributed by atoms with Crippen LogP contribution in [0.4, 0.5) is 9.93 Å². The molecule has 2 N–H and O–H groups in total. The van der Waals surface area contributed by atoms with Crippen LogP contribution in [0.15, 0.2) is 0 Å². The highest BCUT2D eigenvalue weighted by molar-refractivity contribution is 7.15. The predicted molar refractivity (Wildman–Crippen MR) is 81.8 cm³/mol. The summed E-state index contributed by atoms with van der Waals surface area (Å²) in [6.07, 6.45) is 2.94. The van der Waals surface area contributed by atoms with Crippen molar-refractivity contribution >= 4 is 28.5 Å². The minimum atomic E-state index is -1.14. The first kappa shape index (κ1) is 15.8. The number of carbonyl (C=O) groups excluding carboxylic acids is 1. The highest BCUT2D eigenvalue weighted by atomic mass is 32.1. The largest absolute Gasteiger partial charge is 0.480 e. The van der Waals surface area contributed by atoms with Crippen molar-refractivity contribution in [1.82, 2.24) is 9.88 Å². The Labute approximate surface area is 128 Å². The topological polar surface area (TPSA) is 82.5 Å². The van der Waals surface area contributed by atoms with Gasteiger partial charge in [-0.15, -0.1) is 11.3 Å². The predicted octanol–water partition coefficient (Wildman–Crippen LogP) is 2.88. The fourth-order valence-corrected chi connectivity index (χ4v) is 3.53. The van der Waals surface area contributed by atoms with Crippen molar-refractivity contribution < 1.29 is 14.7 Å². The maximum Gasteiger partial charge on any atom is 0.329 e. The highest BCUT2D eigenvalue weighted by Crippen LogP contribution is 2.30. The second kappa shape index (κ2) is 6.01. The number of anilines is 1. The molecule has 1 atom stereocenters. The third-order valence-electron chi connectivity index (χ3n) is 4.04. The molecule has 2 heterocycles. The first-order valence-electron chi connectivity index (χ1n) is 7.16. The quantitative estimate of drug-likeness (QED) is 0.899. The molecule has 0 bridgehead atoms. The molecule has 2 amide bonds. The standard InChI is InChI=1S/C14H21N3O3S/c1-4-10-9(2)21-12(15-10)16-13(20)17-8-6-5-7-14(17,3)11(18)19/h4-8H2,1-3H3,(H,18,19)(H,15,16,20). The van der Waals surface area contributed by atoms with Crippen LogP contribution in [-0.2, 0) is 11.2 Å². The van der Waals surface area contributed by atoms with Crippen LogP contribution in [0.25, 0.3) is 0 Å². The number of aliphatic carboxylic acids is 1. The van der Waals surface area contributed by atoms with Crippen molar-refractivity contribution in [1.29, 1.82) is 0 Å². The van der Waals surface area contributed by atoms with E-state index in [2.05, 4.69) is 10.3 Å². The molecule has 1 unspecified atom stereocenters. The number of hydrogen-bond donors (Lipinski definition) is 2. The number of aryl methyl sites for hydroxylation is 2. The van der Waals surface area contributed by atoms with Crippen molar-refractivity contribution in [2.75, 3.05) is 11.9 Å². The molecule has 21 heavy (non-hydrogen) atoms. The van der Waals surface area contributed by atoms with Gasteiger partial charge in [0.25, 0.3) is 0 Å². The molecule has 0 aliphatic carbocycles. The molecular weight excluding hydrogens is 290 g/mol. The first-order valence-corrected chi connectivity index (χ1v) is 7.98. The summed E-state index contributed by atoms with van der Waals surface area (Å²) >= 11 is 1.42. The molecule has 7 heteroatoms. The Morgan fingerprint density at radius 3 is 2.76 bits per heavy atom. The third-order valence-corrected chi connectivity index (χ3v) is 4.97. The van der Waals surface area contributed by atoms with Crippen molar-refractivity contribution in [3.63, 3.8) is 0 Å². The minimum absolute atomic E-state index is 0.379. The van der Waals surface area contributed by atoms with Crippen LogP contribution in [0.5, 0.6) is 0 Å². The van der Waals surface area contributed by atoms with Gasteiger partial charge in [-0.25, -0.2) is 14.6 Å². The number of piperidine rings is 1. The lowest BCUT2D eigenvalue weighted by molar-refractivity contribution is -0.150. The van der Waals surface area contributed by atoms with Gasteiger partial charge in [0.1, 0.15) is 5.54 Å². The van der Waals surface area contributed by atoms with Gasteiger partial charge in [-0.1, -0.05) is 6.92 Å². The number of amides is 2. The van der Waals surface area contributed by atoms with Gasteiger partial charge in [0, 0.05) is 11.4 Å². The molecule has 1 aromatic rings. The van der Waals surface area contributed by atoms with Gasteiger partial charge < -0.3 is 10.0 Å². The van der Waals surface area contributed by atoms with Crippen LogP contribution in [-0.4, -0.2) is 39.1 Å². The Balaban J connectivity index is 2.15. The minimum Gasteiger partial charge on any atom is -0.480 e. The summed E-state index contributed by atoms with van der Waals surface area (Å²) in [6, 6.07) is -0.379. The Kier molecular flexibility index (Phi) is 4.51. The molecule has 1 aromatic heterocycles. The number of carboxylic acid groups (broad SMARTS) is 1. The van der Waals surface area contributed by atoms with E-state index in [4.69, 9.17) is 0 Å². The van der Waals surface area contributed by atoms with Gasteiger partial charge in [0.15, 0.2) is 5.13 Å². The van der Waals surface area contributed by atoms with Gasteiger partial charge in [-0.3, -0.25) is 5.32 Å². The zero-order valence-corrected chi connectivity index (χ0v) is 13.4. The average molecular weight is 311 g/mol. The lowest BCUT2D eigenvalue weighted by Crippen LogP contribution is -2.58. The van der Waals surface area contributed by atoms with Gasteiger partial charge in [0.2, 0.25) is 0 Å². The van der Waals surface area contributed by atoms with E-state index in [0.717, 1.165) is 29.8 Å². The van der Waals surface area contributed by atoms with Gasteiger partial charge in [0.05, 0.1) is 5.69 Å². The molecule has 2 rings (SSSR count). The zero-order valence-electron chi connectivity index (χ0n) is 12.6. The summed E-state index contributed by atoms with van der Waals surface area (Å²) < 4.78 is 0. The fraction of sp³-hybridized carbons (Fsp3) is 0.643. The molecule has 0 radical (unpaired) electrons. The summed E-state index contributed by atoms with van der Waals surface area (Å²) in [5.41, 5.74) is -0.169. The maximum absolute atomic E-state index is 12.4. The summed E-state index contributed by atoms with van der Waals surface area (Å²) in [6.45, 7) is 6.05. The normalized spacial score (nSPS) is 22.1.